The fourth-order valence-electron chi connectivity index (χ4n) is 3.52. The van der Waals surface area contributed by atoms with Crippen molar-refractivity contribution in [3.8, 4) is 11.5 Å². The molecule has 4 rings (SSSR count). The lowest BCUT2D eigenvalue weighted by molar-refractivity contribution is -0.288. The highest BCUT2D eigenvalue weighted by Crippen LogP contribution is 2.55. The molecule has 0 aromatic heterocycles. The van der Waals surface area contributed by atoms with Crippen molar-refractivity contribution < 1.29 is 31.1 Å². The first-order valence-electron chi connectivity index (χ1n) is 10.4. The van der Waals surface area contributed by atoms with Crippen LogP contribution in [0.1, 0.15) is 11.1 Å². The highest BCUT2D eigenvalue weighted by Gasteiger charge is 2.72. The van der Waals surface area contributed by atoms with E-state index in [0.29, 0.717) is 0 Å². The number of nitrogens with two attached hydrogens (primary N) is 1. The van der Waals surface area contributed by atoms with Crippen molar-refractivity contribution in [2.45, 2.75) is 17.8 Å². The third kappa shape index (κ3) is 5.77. The summed E-state index contributed by atoms with van der Waals surface area (Å²) in [5.74, 6) is 1.63. The summed E-state index contributed by atoms with van der Waals surface area (Å²) in [6.45, 7) is 0. The van der Waals surface area contributed by atoms with Crippen molar-refractivity contribution in [2.75, 3.05) is 5.73 Å². The van der Waals surface area contributed by atoms with Crippen molar-refractivity contribution >= 4 is 5.69 Å². The van der Waals surface area contributed by atoms with E-state index < -0.39 is 28.9 Å². The molecule has 0 heterocycles. The molecule has 0 saturated carbocycles. The molecule has 0 aliphatic carbocycles. The summed E-state index contributed by atoms with van der Waals surface area (Å²) in [5, 5.41) is 0. The number of hydrogen-bond donors (Lipinski definition) is 1. The van der Waals surface area contributed by atoms with E-state index in [1.165, 1.54) is 12.1 Å². The first-order valence-corrected chi connectivity index (χ1v) is 10.4. The Bertz CT molecular complexity index is 1120. The van der Waals surface area contributed by atoms with Gasteiger partial charge < -0.3 is 10.5 Å². The molecule has 182 valence electrons. The fraction of sp³-hybridized carbons (Fsp3) is 0.111. The molecule has 2 N–H and O–H groups in total. The Morgan fingerprint density at radius 1 is 0.457 bits per heavy atom. The van der Waals surface area contributed by atoms with Crippen molar-refractivity contribution in [3.05, 3.63) is 126 Å². The molecule has 0 atom stereocenters. The van der Waals surface area contributed by atoms with Gasteiger partial charge in [0.1, 0.15) is 11.5 Å². The molecule has 0 saturated heterocycles. The molecule has 4 aromatic carbocycles. The third-order valence-electron chi connectivity index (χ3n) is 5.12. The Kier molecular flexibility index (Phi) is 7.74. The molecule has 0 radical (unpaired) electrons. The summed E-state index contributed by atoms with van der Waals surface area (Å²) in [6, 6.07) is 27.7. The molecule has 8 heteroatoms. The normalized spacial score (nSPS) is 11.8. The number of rotatable bonds is 4. The summed E-state index contributed by atoms with van der Waals surface area (Å²) in [6.07, 6.45) is -11.0. The van der Waals surface area contributed by atoms with Gasteiger partial charge in [-0.3, -0.25) is 0 Å². The second kappa shape index (κ2) is 10.5. The van der Waals surface area contributed by atoms with Gasteiger partial charge in [0.05, 0.1) is 0 Å². The number of para-hydroxylation sites is 1. The topological polar surface area (TPSA) is 35.2 Å². The van der Waals surface area contributed by atoms with Gasteiger partial charge in [-0.15, -0.1) is 0 Å². The van der Waals surface area contributed by atoms with Gasteiger partial charge in [-0.05, 0) is 47.5 Å². The Morgan fingerprint density at radius 2 is 0.800 bits per heavy atom. The third-order valence-corrected chi connectivity index (χ3v) is 5.12. The maximum absolute atomic E-state index is 13.5. The monoisotopic (exact) mass is 489 g/mol. The van der Waals surface area contributed by atoms with Crippen LogP contribution in [0.4, 0.5) is 32.0 Å². The standard InChI is InChI=1S/C15H10F6.C12H11NO/c16-14(17,18)13(15(19,20)21,11-7-3-1-4-8-11)12-9-5-2-6-10-12;13-10-6-8-12(9-7-10)14-11-4-2-1-3-5-11/h1-10H;1-9H,13H2. The second-order valence-electron chi connectivity index (χ2n) is 7.46. The van der Waals surface area contributed by atoms with Gasteiger partial charge in [0.25, 0.3) is 0 Å². The molecule has 0 unspecified atom stereocenters. The zero-order valence-corrected chi connectivity index (χ0v) is 18.2. The maximum Gasteiger partial charge on any atom is 0.411 e. The van der Waals surface area contributed by atoms with Crippen molar-refractivity contribution in [1.82, 2.24) is 0 Å². The number of benzene rings is 4. The van der Waals surface area contributed by atoms with E-state index in [9.17, 15) is 26.3 Å². The van der Waals surface area contributed by atoms with Crippen molar-refractivity contribution in [3.63, 3.8) is 0 Å². The number of hydrogen-bond acceptors (Lipinski definition) is 2. The lowest BCUT2D eigenvalue weighted by Crippen LogP contribution is -2.54. The van der Waals surface area contributed by atoms with E-state index in [2.05, 4.69) is 0 Å². The van der Waals surface area contributed by atoms with Gasteiger partial charge >= 0.3 is 12.4 Å². The van der Waals surface area contributed by atoms with Crippen molar-refractivity contribution in [1.29, 1.82) is 0 Å². The molecule has 2 nitrogen and oxygen atoms in total. The molecule has 0 bridgehead atoms. The molecule has 0 amide bonds. The largest absolute Gasteiger partial charge is 0.457 e. The predicted octanol–water partition coefficient (Wildman–Crippen LogP) is 8.16. The van der Waals surface area contributed by atoms with Crippen LogP contribution in [-0.4, -0.2) is 12.4 Å². The van der Waals surface area contributed by atoms with Crippen LogP contribution >= 0.6 is 0 Å². The summed E-state index contributed by atoms with van der Waals surface area (Å²) < 4.78 is 86.7. The Labute approximate surface area is 198 Å². The van der Waals surface area contributed by atoms with E-state index in [1.807, 2.05) is 54.6 Å². The summed E-state index contributed by atoms with van der Waals surface area (Å²) in [4.78, 5) is 0. The summed E-state index contributed by atoms with van der Waals surface area (Å²) in [5.41, 5.74) is 0.565. The van der Waals surface area contributed by atoms with E-state index in [-0.39, 0.29) is 0 Å². The summed E-state index contributed by atoms with van der Waals surface area (Å²) >= 11 is 0. The number of alkyl halides is 6. The van der Waals surface area contributed by atoms with Crippen LogP contribution in [0.3, 0.4) is 0 Å². The van der Waals surface area contributed by atoms with Crippen LogP contribution in [0.2, 0.25) is 0 Å². The minimum absolute atomic E-state index is 0.741. The highest BCUT2D eigenvalue weighted by atomic mass is 19.4. The van der Waals surface area contributed by atoms with E-state index in [0.717, 1.165) is 65.7 Å². The highest BCUT2D eigenvalue weighted by molar-refractivity contribution is 5.44. The molecular formula is C27H21F6NO. The summed E-state index contributed by atoms with van der Waals surface area (Å²) in [7, 11) is 0. The molecule has 0 aliphatic rings. The van der Waals surface area contributed by atoms with E-state index >= 15 is 0 Å². The molecular weight excluding hydrogens is 468 g/mol. The average Bonchev–Trinajstić information content (AvgIpc) is 2.82. The average molecular weight is 489 g/mol. The van der Waals surface area contributed by atoms with Gasteiger partial charge in [-0.1, -0.05) is 78.9 Å². The van der Waals surface area contributed by atoms with Crippen LogP contribution in [0.15, 0.2) is 115 Å². The predicted molar refractivity (Wildman–Crippen MR) is 123 cm³/mol. The van der Waals surface area contributed by atoms with Gasteiger partial charge in [0.2, 0.25) is 5.41 Å². The molecule has 0 aliphatic heterocycles. The minimum Gasteiger partial charge on any atom is -0.457 e. The maximum atomic E-state index is 13.5. The Hall–Kier alpha value is -3.94. The molecule has 35 heavy (non-hydrogen) atoms. The molecule has 0 spiro atoms. The van der Waals surface area contributed by atoms with E-state index in [4.69, 9.17) is 10.5 Å². The lowest BCUT2D eigenvalue weighted by Gasteiger charge is -2.38. The minimum atomic E-state index is -5.52. The zero-order chi connectivity index (χ0) is 25.5. The van der Waals surface area contributed by atoms with Crippen LogP contribution in [0.5, 0.6) is 11.5 Å². The van der Waals surface area contributed by atoms with Crippen molar-refractivity contribution in [2.24, 2.45) is 0 Å². The lowest BCUT2D eigenvalue weighted by atomic mass is 9.73. The van der Waals surface area contributed by atoms with Gasteiger partial charge in [-0.2, -0.15) is 26.3 Å². The second-order valence-corrected chi connectivity index (χ2v) is 7.46. The van der Waals surface area contributed by atoms with Gasteiger partial charge in [-0.25, -0.2) is 0 Å². The number of ether oxygens (including phenoxy) is 1. The van der Waals surface area contributed by atoms with Gasteiger partial charge in [0, 0.05) is 5.69 Å². The van der Waals surface area contributed by atoms with Crippen LogP contribution < -0.4 is 10.5 Å². The first-order chi connectivity index (χ1) is 16.6. The Balaban J connectivity index is 0.000000211. The smallest absolute Gasteiger partial charge is 0.411 e. The van der Waals surface area contributed by atoms with E-state index in [1.54, 1.807) is 0 Å². The zero-order valence-electron chi connectivity index (χ0n) is 18.2. The van der Waals surface area contributed by atoms with Crippen LogP contribution in [0, 0.1) is 0 Å². The number of halogens is 6. The fourth-order valence-corrected chi connectivity index (χ4v) is 3.52. The quantitative estimate of drug-likeness (QED) is 0.232. The van der Waals surface area contributed by atoms with Crippen LogP contribution in [-0.2, 0) is 5.41 Å². The number of anilines is 1. The Morgan fingerprint density at radius 3 is 1.17 bits per heavy atom. The molecule has 0 fully saturated rings. The van der Waals surface area contributed by atoms with Gasteiger partial charge in [0.15, 0.2) is 0 Å². The SMILES string of the molecule is FC(F)(F)C(c1ccccc1)(c1ccccc1)C(F)(F)F.Nc1ccc(Oc2ccccc2)cc1. The first kappa shape index (κ1) is 25.7. The number of nitrogen functional groups attached to an aromatic ring is 1. The van der Waals surface area contributed by atoms with Crippen LogP contribution in [0.25, 0.3) is 0 Å². The molecule has 4 aromatic rings.